The van der Waals surface area contributed by atoms with Crippen LogP contribution in [-0.4, -0.2) is 15.6 Å². The molecule has 3 aromatic rings. The van der Waals surface area contributed by atoms with Gasteiger partial charge in [-0.2, -0.15) is 0 Å². The highest BCUT2D eigenvalue weighted by Crippen LogP contribution is 2.48. The molecule has 0 spiro atoms. The summed E-state index contributed by atoms with van der Waals surface area (Å²) in [5, 5.41) is 6.43. The smallest absolute Gasteiger partial charge is 0.277 e. The third-order valence-corrected chi connectivity index (χ3v) is 5.93. The number of para-hydroxylation sites is 1. The molecular weight excluding hydrogens is 381 g/mol. The van der Waals surface area contributed by atoms with E-state index in [1.165, 1.54) is 10.7 Å². The van der Waals surface area contributed by atoms with Gasteiger partial charge in [0.15, 0.2) is 5.78 Å². The minimum atomic E-state index is -0.741. The van der Waals surface area contributed by atoms with Crippen molar-refractivity contribution < 1.29 is 9.18 Å². The van der Waals surface area contributed by atoms with Crippen molar-refractivity contribution in [2.24, 2.45) is 5.41 Å². The van der Waals surface area contributed by atoms with E-state index in [4.69, 9.17) is 0 Å². The fraction of sp³-hybridized carbons (Fsp3) is 0.250. The van der Waals surface area contributed by atoms with Crippen molar-refractivity contribution in [3.63, 3.8) is 0 Å². The number of nitrogens with zero attached hydrogens (tertiary/aromatic N) is 1. The van der Waals surface area contributed by atoms with Crippen molar-refractivity contribution in [3.05, 3.63) is 93.2 Å². The second-order valence-electron chi connectivity index (χ2n) is 8.79. The summed E-state index contributed by atoms with van der Waals surface area (Å²) >= 11 is 0. The van der Waals surface area contributed by atoms with E-state index in [0.29, 0.717) is 41.0 Å². The average molecular weight is 403 g/mol. The van der Waals surface area contributed by atoms with Gasteiger partial charge in [-0.05, 0) is 30.0 Å². The van der Waals surface area contributed by atoms with Crippen LogP contribution in [-0.2, 0) is 4.79 Å². The lowest BCUT2D eigenvalue weighted by Crippen LogP contribution is -2.35. The summed E-state index contributed by atoms with van der Waals surface area (Å²) in [5.41, 5.74) is 2.16. The number of rotatable bonds is 2. The summed E-state index contributed by atoms with van der Waals surface area (Å²) in [6.07, 6.45) is 1.02. The van der Waals surface area contributed by atoms with Gasteiger partial charge < -0.3 is 5.32 Å². The van der Waals surface area contributed by atoms with Crippen LogP contribution in [0.5, 0.6) is 0 Å². The molecule has 0 radical (unpaired) electrons. The first-order valence-electron chi connectivity index (χ1n) is 10.0. The first-order chi connectivity index (χ1) is 14.4. The van der Waals surface area contributed by atoms with Gasteiger partial charge in [0.05, 0.1) is 17.2 Å². The number of H-pyrrole nitrogens is 1. The fourth-order valence-electron chi connectivity index (χ4n) is 4.67. The molecule has 5 nitrogen and oxygen atoms in total. The van der Waals surface area contributed by atoms with Gasteiger partial charge in [0.1, 0.15) is 11.6 Å². The molecule has 30 heavy (non-hydrogen) atoms. The summed E-state index contributed by atoms with van der Waals surface area (Å²) in [7, 11) is 0. The van der Waals surface area contributed by atoms with E-state index in [9.17, 15) is 14.0 Å². The molecule has 1 aliphatic heterocycles. The molecule has 1 aromatic heterocycles. The summed E-state index contributed by atoms with van der Waals surface area (Å²) in [6, 6.07) is 15.6. The van der Waals surface area contributed by atoms with Crippen LogP contribution in [0.15, 0.2) is 70.7 Å². The Hall–Kier alpha value is -3.41. The molecule has 2 aliphatic rings. The molecule has 0 saturated heterocycles. The molecule has 2 N–H and O–H groups in total. The molecule has 1 aliphatic carbocycles. The van der Waals surface area contributed by atoms with Gasteiger partial charge >= 0.3 is 0 Å². The van der Waals surface area contributed by atoms with Crippen LogP contribution in [0.1, 0.15) is 43.7 Å². The number of allylic oxidation sites excluding steroid dienone is 2. The second-order valence-corrected chi connectivity index (χ2v) is 8.79. The predicted molar refractivity (Wildman–Crippen MR) is 113 cm³/mol. The number of hydrogen-bond acceptors (Lipinski definition) is 3. The lowest BCUT2D eigenvalue weighted by molar-refractivity contribution is -0.118. The number of carbonyl (C=O) groups excluding carboxylic acids is 1. The highest BCUT2D eigenvalue weighted by Gasteiger charge is 2.43. The highest BCUT2D eigenvalue weighted by molar-refractivity contribution is 6.01. The van der Waals surface area contributed by atoms with Gasteiger partial charge in [-0.25, -0.2) is 9.07 Å². The van der Waals surface area contributed by atoms with E-state index >= 15 is 0 Å². The maximum absolute atomic E-state index is 14.9. The van der Waals surface area contributed by atoms with E-state index in [-0.39, 0.29) is 16.8 Å². The van der Waals surface area contributed by atoms with Gasteiger partial charge in [-0.15, -0.1) is 0 Å². The van der Waals surface area contributed by atoms with Gasteiger partial charge in [0.2, 0.25) is 0 Å². The van der Waals surface area contributed by atoms with E-state index in [1.54, 1.807) is 18.2 Å². The Labute approximate surface area is 173 Å². The van der Waals surface area contributed by atoms with Crippen LogP contribution < -0.4 is 10.9 Å². The normalized spacial score (nSPS) is 19.8. The van der Waals surface area contributed by atoms with Crippen molar-refractivity contribution >= 4 is 11.6 Å². The Morgan fingerprint density at radius 2 is 1.70 bits per heavy atom. The van der Waals surface area contributed by atoms with Crippen LogP contribution in [0.25, 0.3) is 5.69 Å². The average Bonchev–Trinajstić information content (AvgIpc) is 3.03. The number of hydrogen-bond donors (Lipinski definition) is 2. The number of benzene rings is 2. The molecule has 2 aromatic carbocycles. The first kappa shape index (κ1) is 18.6. The van der Waals surface area contributed by atoms with Crippen LogP contribution in [0, 0.1) is 11.2 Å². The van der Waals surface area contributed by atoms with Gasteiger partial charge in [-0.1, -0.05) is 50.2 Å². The molecule has 5 rings (SSSR count). The molecular formula is C24H22FN3O2. The molecule has 152 valence electrons. The van der Waals surface area contributed by atoms with Crippen molar-refractivity contribution in [1.29, 1.82) is 0 Å². The minimum absolute atomic E-state index is 0.0421. The van der Waals surface area contributed by atoms with Gasteiger partial charge in [-0.3, -0.25) is 14.7 Å². The number of Topliss-reactive ketones (excluding diaryl/α,β-unsaturated/α-hetero) is 1. The summed E-state index contributed by atoms with van der Waals surface area (Å²) < 4.78 is 16.3. The minimum Gasteiger partial charge on any atom is -0.343 e. The quantitative estimate of drug-likeness (QED) is 0.662. The Morgan fingerprint density at radius 3 is 2.43 bits per heavy atom. The number of nitrogens with one attached hydrogen (secondary N) is 2. The van der Waals surface area contributed by atoms with E-state index in [2.05, 4.69) is 10.4 Å². The molecule has 0 saturated carbocycles. The van der Waals surface area contributed by atoms with Crippen molar-refractivity contribution in [2.45, 2.75) is 32.6 Å². The topological polar surface area (TPSA) is 66.9 Å². The van der Waals surface area contributed by atoms with Crippen molar-refractivity contribution in [3.8, 4) is 5.69 Å². The van der Waals surface area contributed by atoms with Crippen LogP contribution >= 0.6 is 0 Å². The number of halogens is 1. The van der Waals surface area contributed by atoms with Crippen LogP contribution in [0.2, 0.25) is 0 Å². The Morgan fingerprint density at radius 1 is 1.00 bits per heavy atom. The molecule has 0 amide bonds. The van der Waals surface area contributed by atoms with Gasteiger partial charge in [0, 0.05) is 23.3 Å². The molecule has 0 unspecified atom stereocenters. The number of ketones is 1. The number of aromatic nitrogens is 2. The van der Waals surface area contributed by atoms with Crippen LogP contribution in [0.4, 0.5) is 10.2 Å². The van der Waals surface area contributed by atoms with Crippen molar-refractivity contribution in [2.75, 3.05) is 5.32 Å². The number of fused-ring (bicyclic) bond motifs is 1. The summed E-state index contributed by atoms with van der Waals surface area (Å²) in [4.78, 5) is 26.7. The number of aromatic amines is 1. The Balaban J connectivity index is 1.77. The largest absolute Gasteiger partial charge is 0.343 e. The summed E-state index contributed by atoms with van der Waals surface area (Å²) in [6.45, 7) is 4.09. The zero-order valence-corrected chi connectivity index (χ0v) is 16.8. The van der Waals surface area contributed by atoms with Crippen LogP contribution in [0.3, 0.4) is 0 Å². The lowest BCUT2D eigenvalue weighted by atomic mass is 9.69. The van der Waals surface area contributed by atoms with Gasteiger partial charge in [0.25, 0.3) is 5.56 Å². The SMILES string of the molecule is CC1(C)CC(=O)C2=C(C1)Nc1[nH]n(-c3ccccc3)c(=O)c1[C@H]2c1ccccc1F. The zero-order chi connectivity index (χ0) is 21.0. The fourth-order valence-corrected chi connectivity index (χ4v) is 4.67. The third kappa shape index (κ3) is 2.83. The molecule has 6 heteroatoms. The first-order valence-corrected chi connectivity index (χ1v) is 10.0. The monoisotopic (exact) mass is 403 g/mol. The van der Waals surface area contributed by atoms with E-state index in [0.717, 1.165) is 5.70 Å². The standard InChI is InChI=1S/C24H22FN3O2/c1-24(2)12-17-20(18(29)13-24)19(15-10-6-7-11-16(15)25)21-22(26-17)27-28(23(21)30)14-8-4-3-5-9-14/h3-11,19,26-27H,12-13H2,1-2H3/t19-/m0/s1. The maximum Gasteiger partial charge on any atom is 0.277 e. The van der Waals surface area contributed by atoms with E-state index < -0.39 is 11.7 Å². The Kier molecular flexibility index (Phi) is 4.07. The Bertz CT molecular complexity index is 1250. The molecule has 2 heterocycles. The maximum atomic E-state index is 14.9. The molecule has 0 fully saturated rings. The second kappa shape index (κ2) is 6.55. The third-order valence-electron chi connectivity index (χ3n) is 5.93. The predicted octanol–water partition coefficient (Wildman–Crippen LogP) is 4.51. The zero-order valence-electron chi connectivity index (χ0n) is 16.8. The number of anilines is 1. The number of carbonyl (C=O) groups is 1. The molecule has 1 atom stereocenters. The highest BCUT2D eigenvalue weighted by atomic mass is 19.1. The summed E-state index contributed by atoms with van der Waals surface area (Å²) in [5.74, 6) is -0.692. The van der Waals surface area contributed by atoms with Crippen molar-refractivity contribution in [1.82, 2.24) is 9.78 Å². The lowest BCUT2D eigenvalue weighted by Gasteiger charge is -2.37. The van der Waals surface area contributed by atoms with E-state index in [1.807, 2.05) is 44.2 Å². The molecule has 0 bridgehead atoms.